The van der Waals surface area contributed by atoms with Crippen molar-refractivity contribution in [2.75, 3.05) is 13.1 Å². The Morgan fingerprint density at radius 2 is 1.73 bits per heavy atom. The van der Waals surface area contributed by atoms with Gasteiger partial charge in [0.1, 0.15) is 22.1 Å². The molecule has 2 aliphatic heterocycles. The molecule has 0 aromatic heterocycles. The van der Waals surface area contributed by atoms with Crippen molar-refractivity contribution in [2.45, 2.75) is 47.0 Å². The van der Waals surface area contributed by atoms with E-state index in [0.717, 1.165) is 49.7 Å². The zero-order chi connectivity index (χ0) is 29.8. The van der Waals surface area contributed by atoms with Crippen LogP contribution in [0.15, 0.2) is 76.8 Å². The number of hydrogen-bond acceptors (Lipinski definition) is 8. The van der Waals surface area contributed by atoms with Crippen LogP contribution in [0.2, 0.25) is 5.02 Å². The van der Waals surface area contributed by atoms with Crippen LogP contribution in [0.1, 0.15) is 37.3 Å². The van der Waals surface area contributed by atoms with Gasteiger partial charge < -0.3 is 10.2 Å². The number of carbonyl (C=O) groups excluding carboxylic acids is 1. The van der Waals surface area contributed by atoms with Gasteiger partial charge in [0.15, 0.2) is 5.00 Å². The Kier molecular flexibility index (Phi) is 9.89. The number of phenolic OH excluding ortho intramolecular Hbond substituents is 2. The Hall–Kier alpha value is -2.80. The molecule has 2 aromatic rings. The maximum atomic E-state index is 12.9. The van der Waals surface area contributed by atoms with Gasteiger partial charge in [-0.3, -0.25) is 19.8 Å². The number of hydrazine groups is 1. The topological polar surface area (TPSA) is 143 Å². The number of hydrogen-bond donors (Lipinski definition) is 4. The summed E-state index contributed by atoms with van der Waals surface area (Å²) in [6.45, 7) is 1.72. The van der Waals surface area contributed by atoms with Gasteiger partial charge in [0.25, 0.3) is 16.0 Å². The first-order valence-corrected chi connectivity index (χ1v) is 15.4. The Bertz CT molecular complexity index is 1460. The third-order valence-corrected chi connectivity index (χ3v) is 8.98. The third kappa shape index (κ3) is 7.54. The zero-order valence-electron chi connectivity index (χ0n) is 21.7. The molecule has 0 bridgehead atoms. The number of nitrogens with one attached hydrogen (secondary N) is 1. The highest BCUT2D eigenvalue weighted by atomic mass is 35.5. The second kappa shape index (κ2) is 13.0. The molecule has 4 N–H and O–H groups in total. The Labute approximate surface area is 253 Å². The minimum Gasteiger partial charge on any atom is -0.508 e. The number of hydrazone groups is 1. The quantitative estimate of drug-likeness (QED) is 0.155. The second-order valence-electron chi connectivity index (χ2n) is 9.65. The van der Waals surface area contributed by atoms with Gasteiger partial charge in [0.2, 0.25) is 0 Å². The molecule has 1 amide bonds. The number of rotatable bonds is 5. The van der Waals surface area contributed by atoms with Crippen molar-refractivity contribution >= 4 is 56.5 Å². The number of alkyl halides is 2. The fraction of sp³-hybridized carbons (Fsp3) is 0.333. The van der Waals surface area contributed by atoms with Crippen LogP contribution in [0.3, 0.4) is 0 Å². The molecule has 3 aliphatic rings. The predicted molar refractivity (Wildman–Crippen MR) is 158 cm³/mol. The normalized spacial score (nSPS) is 24.4. The van der Waals surface area contributed by atoms with Crippen LogP contribution in [-0.2, 0) is 14.9 Å². The lowest BCUT2D eigenvalue weighted by Gasteiger charge is -2.40. The number of amides is 1. The summed E-state index contributed by atoms with van der Waals surface area (Å²) in [5.74, 6) is -1.13. The van der Waals surface area contributed by atoms with Crippen LogP contribution in [0, 0.1) is 0 Å². The molecule has 5 rings (SSSR count). The zero-order valence-corrected chi connectivity index (χ0v) is 24.8. The van der Waals surface area contributed by atoms with E-state index in [1.54, 1.807) is 5.01 Å². The number of aromatic hydroxyl groups is 2. The van der Waals surface area contributed by atoms with Crippen molar-refractivity contribution < 1.29 is 28.0 Å². The van der Waals surface area contributed by atoms with Gasteiger partial charge in [-0.2, -0.15) is 13.5 Å². The van der Waals surface area contributed by atoms with E-state index in [4.69, 9.17) is 49.6 Å². The number of halogens is 3. The van der Waals surface area contributed by atoms with Crippen molar-refractivity contribution in [1.82, 2.24) is 15.4 Å². The van der Waals surface area contributed by atoms with Gasteiger partial charge in [0.05, 0.1) is 11.4 Å². The number of allylic oxidation sites excluding steroid dienone is 2. The molecule has 41 heavy (non-hydrogen) atoms. The lowest BCUT2D eigenvalue weighted by Crippen LogP contribution is -2.47. The second-order valence-corrected chi connectivity index (χ2v) is 12.6. The fourth-order valence-electron chi connectivity index (χ4n) is 4.61. The first kappa shape index (κ1) is 31.1. The van der Waals surface area contributed by atoms with E-state index < -0.39 is 31.1 Å². The number of nitrogens with zero attached hydrogens (tertiary/aromatic N) is 3. The highest BCUT2D eigenvalue weighted by molar-refractivity contribution is 7.86. The smallest absolute Gasteiger partial charge is 0.298 e. The molecular formula is C27H29Cl3N4O6S. The molecule has 1 saturated heterocycles. The van der Waals surface area contributed by atoms with Crippen molar-refractivity contribution in [3.05, 3.63) is 77.4 Å². The molecule has 0 spiro atoms. The molecule has 220 valence electrons. The molecule has 3 unspecified atom stereocenters. The SMILES string of the molecule is O=C(NN1CCCCC1)C1=NN(C2(Cl)C=CC=CC2Cl)C(c2ccc(Cl)cc2)C1.O=S(=O)(O)c1cc(O)ccc1O. The van der Waals surface area contributed by atoms with Gasteiger partial charge in [0, 0.05) is 30.6 Å². The number of carbonyl (C=O) groups is 1. The Morgan fingerprint density at radius 1 is 1.05 bits per heavy atom. The van der Waals surface area contributed by atoms with Crippen LogP contribution in [0.25, 0.3) is 0 Å². The van der Waals surface area contributed by atoms with Crippen molar-refractivity contribution in [3.8, 4) is 11.5 Å². The van der Waals surface area contributed by atoms with E-state index in [0.29, 0.717) is 17.2 Å². The van der Waals surface area contributed by atoms with E-state index in [2.05, 4.69) is 10.5 Å². The largest absolute Gasteiger partial charge is 0.508 e. The molecule has 0 radical (unpaired) electrons. The third-order valence-electron chi connectivity index (χ3n) is 6.72. The number of benzene rings is 2. The van der Waals surface area contributed by atoms with Gasteiger partial charge >= 0.3 is 0 Å². The minimum absolute atomic E-state index is 0.185. The highest BCUT2D eigenvalue weighted by Crippen LogP contribution is 2.44. The first-order chi connectivity index (χ1) is 19.4. The Morgan fingerprint density at radius 3 is 2.34 bits per heavy atom. The molecule has 2 aromatic carbocycles. The van der Waals surface area contributed by atoms with Crippen LogP contribution in [0.5, 0.6) is 11.5 Å². The fourth-order valence-corrected chi connectivity index (χ4v) is 5.90. The summed E-state index contributed by atoms with van der Waals surface area (Å²) < 4.78 is 29.5. The van der Waals surface area contributed by atoms with E-state index in [9.17, 15) is 13.2 Å². The van der Waals surface area contributed by atoms with Crippen LogP contribution >= 0.6 is 34.8 Å². The molecule has 1 aliphatic carbocycles. The first-order valence-electron chi connectivity index (χ1n) is 12.7. The van der Waals surface area contributed by atoms with Crippen LogP contribution < -0.4 is 5.43 Å². The Balaban J connectivity index is 0.000000271. The summed E-state index contributed by atoms with van der Waals surface area (Å²) >= 11 is 19.6. The summed E-state index contributed by atoms with van der Waals surface area (Å²) in [6.07, 6.45) is 11.2. The van der Waals surface area contributed by atoms with Gasteiger partial charge in [-0.25, -0.2) is 5.01 Å². The minimum atomic E-state index is -4.47. The lowest BCUT2D eigenvalue weighted by atomic mass is 9.98. The lowest BCUT2D eigenvalue weighted by molar-refractivity contribution is -0.119. The van der Waals surface area contributed by atoms with Crippen LogP contribution in [-0.4, -0.2) is 68.3 Å². The number of phenols is 2. The van der Waals surface area contributed by atoms with E-state index in [1.807, 2.05) is 53.6 Å². The van der Waals surface area contributed by atoms with Gasteiger partial charge in [-0.1, -0.05) is 60.0 Å². The van der Waals surface area contributed by atoms with Gasteiger partial charge in [-0.05, 0) is 48.7 Å². The summed E-state index contributed by atoms with van der Waals surface area (Å²) in [4.78, 5) is 11.2. The molecule has 14 heteroatoms. The molecule has 10 nitrogen and oxygen atoms in total. The maximum absolute atomic E-state index is 12.9. The van der Waals surface area contributed by atoms with Crippen molar-refractivity contribution in [2.24, 2.45) is 5.10 Å². The average molecular weight is 644 g/mol. The van der Waals surface area contributed by atoms with Crippen molar-refractivity contribution in [1.29, 1.82) is 0 Å². The summed E-state index contributed by atoms with van der Waals surface area (Å²) in [5, 5.41) is 26.3. The molecule has 2 heterocycles. The van der Waals surface area contributed by atoms with E-state index in [1.165, 1.54) is 6.42 Å². The average Bonchev–Trinajstić information content (AvgIpc) is 3.39. The standard InChI is InChI=1S/C21H23Cl3N4O.C6H6O5S/c22-16-9-7-15(8-10-16)18-14-17(20(29)26-27-12-4-1-5-13-27)25-28(18)21(24)11-3-2-6-19(21)23;7-4-1-2-5(8)6(3-4)12(9,10)11/h2-3,6-11,18-19H,1,4-5,12-14H2,(H,26,29);1-3,7-8H,(H,9,10,11). The number of piperidine rings is 1. The molecule has 1 fully saturated rings. The highest BCUT2D eigenvalue weighted by Gasteiger charge is 2.47. The van der Waals surface area contributed by atoms with Gasteiger partial charge in [-0.15, -0.1) is 11.6 Å². The molecular weight excluding hydrogens is 615 g/mol. The monoisotopic (exact) mass is 642 g/mol. The molecule has 3 atom stereocenters. The predicted octanol–water partition coefficient (Wildman–Crippen LogP) is 4.97. The van der Waals surface area contributed by atoms with Crippen LogP contribution in [0.4, 0.5) is 0 Å². The van der Waals surface area contributed by atoms with E-state index >= 15 is 0 Å². The summed E-state index contributed by atoms with van der Waals surface area (Å²) in [5.41, 5.74) is 4.42. The van der Waals surface area contributed by atoms with Crippen molar-refractivity contribution in [3.63, 3.8) is 0 Å². The summed E-state index contributed by atoms with van der Waals surface area (Å²) in [7, 11) is -4.47. The van der Waals surface area contributed by atoms with E-state index in [-0.39, 0.29) is 17.7 Å². The summed E-state index contributed by atoms with van der Waals surface area (Å²) in [6, 6.07) is 10.1. The molecule has 0 saturated carbocycles. The maximum Gasteiger partial charge on any atom is 0.298 e.